The van der Waals surface area contributed by atoms with E-state index in [9.17, 15) is 34.8 Å². The molecule has 0 heterocycles. The maximum Gasteiger partial charge on any atom is 0.255 e. The molecule has 0 saturated carbocycles. The summed E-state index contributed by atoms with van der Waals surface area (Å²) in [5, 5.41) is 45.2. The third-order valence-corrected chi connectivity index (χ3v) is 8.67. The Morgan fingerprint density at radius 2 is 1.87 bits per heavy atom. The van der Waals surface area contributed by atoms with Gasteiger partial charge in [0.1, 0.15) is 22.8 Å². The number of aliphatic hydroxyl groups is 3. The molecule has 4 atom stereocenters. The summed E-state index contributed by atoms with van der Waals surface area (Å²) in [7, 11) is 3.18. The zero-order valence-corrected chi connectivity index (χ0v) is 23.5. The number of aromatic hydroxyl groups is 1. The second-order valence-corrected chi connectivity index (χ2v) is 11.8. The molecule has 1 aromatic carbocycles. The predicted molar refractivity (Wildman–Crippen MR) is 144 cm³/mol. The summed E-state index contributed by atoms with van der Waals surface area (Å²) >= 11 is 6.83. The maximum absolute atomic E-state index is 13.8. The number of hydrogen-bond donors (Lipinski definition) is 5. The summed E-state index contributed by atoms with van der Waals surface area (Å²) in [4.78, 5) is 42.9. The van der Waals surface area contributed by atoms with Crippen molar-refractivity contribution in [3.63, 3.8) is 0 Å². The van der Waals surface area contributed by atoms with Gasteiger partial charge in [0.25, 0.3) is 5.91 Å². The molecule has 0 unspecified atom stereocenters. The number of carbonyl (C=O) groups excluding carboxylic acids is 3. The number of amides is 1. The lowest BCUT2D eigenvalue weighted by Gasteiger charge is -2.50. The number of benzene rings is 1. The molecular weight excluding hydrogens is 526 g/mol. The van der Waals surface area contributed by atoms with E-state index < -0.39 is 58.0 Å². The van der Waals surface area contributed by atoms with Crippen LogP contribution >= 0.6 is 11.6 Å². The highest BCUT2D eigenvalue weighted by Crippen LogP contribution is 2.53. The number of allylic oxidation sites excluding steroid dienone is 1. The van der Waals surface area contributed by atoms with Crippen molar-refractivity contribution in [2.75, 3.05) is 27.2 Å². The number of ketones is 2. The summed E-state index contributed by atoms with van der Waals surface area (Å²) in [6, 6.07) is 0.403. The zero-order valence-electron chi connectivity index (χ0n) is 22.8. The Morgan fingerprint density at radius 3 is 2.41 bits per heavy atom. The van der Waals surface area contributed by atoms with Crippen molar-refractivity contribution in [3.05, 3.63) is 50.4 Å². The molecule has 0 saturated heterocycles. The van der Waals surface area contributed by atoms with Crippen LogP contribution in [0.5, 0.6) is 5.75 Å². The molecule has 0 aromatic heterocycles. The van der Waals surface area contributed by atoms with Crippen LogP contribution in [0.25, 0.3) is 0 Å². The number of phenols is 1. The van der Waals surface area contributed by atoms with E-state index in [1.54, 1.807) is 14.1 Å². The summed E-state index contributed by atoms with van der Waals surface area (Å²) in [6.45, 7) is 8.29. The molecule has 3 aliphatic carbocycles. The molecule has 0 radical (unpaired) electrons. The Morgan fingerprint density at radius 1 is 1.23 bits per heavy atom. The van der Waals surface area contributed by atoms with Gasteiger partial charge in [-0.25, -0.2) is 0 Å². The van der Waals surface area contributed by atoms with E-state index >= 15 is 0 Å². The average Bonchev–Trinajstić information content (AvgIpc) is 2.83. The first kappa shape index (κ1) is 29.1. The number of Topliss-reactive ketones (excluding diaryl/α,β-unsaturated/α-hetero) is 2. The van der Waals surface area contributed by atoms with Gasteiger partial charge in [0.05, 0.1) is 11.6 Å². The van der Waals surface area contributed by atoms with Crippen molar-refractivity contribution >= 4 is 29.1 Å². The van der Waals surface area contributed by atoms with E-state index in [1.165, 1.54) is 11.0 Å². The van der Waals surface area contributed by atoms with Crippen LogP contribution in [0.4, 0.5) is 0 Å². The summed E-state index contributed by atoms with van der Waals surface area (Å²) < 4.78 is 0. The molecule has 3 aliphatic rings. The molecule has 4 rings (SSSR count). The molecule has 1 aromatic rings. The Bertz CT molecular complexity index is 1320. The van der Waals surface area contributed by atoms with Gasteiger partial charge in [-0.3, -0.25) is 24.2 Å². The molecular formula is C28H36ClN3O7. The fraction of sp³-hybridized carbons (Fsp3) is 0.536. The zero-order chi connectivity index (χ0) is 29.1. The van der Waals surface area contributed by atoms with E-state index in [4.69, 9.17) is 17.3 Å². The first-order valence-corrected chi connectivity index (χ1v) is 13.4. The first-order valence-electron chi connectivity index (χ1n) is 13.1. The van der Waals surface area contributed by atoms with Crippen LogP contribution in [-0.4, -0.2) is 86.5 Å². The third-order valence-electron chi connectivity index (χ3n) is 8.20. The van der Waals surface area contributed by atoms with E-state index in [0.717, 1.165) is 13.1 Å². The number of halogens is 1. The normalized spacial score (nSPS) is 26.9. The molecule has 6 N–H and O–H groups in total. The van der Waals surface area contributed by atoms with Crippen molar-refractivity contribution in [1.82, 2.24) is 9.80 Å². The first-order chi connectivity index (χ1) is 18.2. The predicted octanol–water partition coefficient (Wildman–Crippen LogP) is 2.25. The van der Waals surface area contributed by atoms with Gasteiger partial charge in [-0.15, -0.1) is 0 Å². The molecule has 0 bridgehead atoms. The van der Waals surface area contributed by atoms with Crippen LogP contribution in [0.2, 0.25) is 5.02 Å². The summed E-state index contributed by atoms with van der Waals surface area (Å²) in [5.74, 6) is -6.41. The van der Waals surface area contributed by atoms with Gasteiger partial charge in [-0.1, -0.05) is 32.4 Å². The minimum atomic E-state index is -2.66. The lowest BCUT2D eigenvalue weighted by Crippen LogP contribution is -2.63. The van der Waals surface area contributed by atoms with Crippen LogP contribution in [0.1, 0.15) is 48.7 Å². The third kappa shape index (κ3) is 4.43. The van der Waals surface area contributed by atoms with Crippen molar-refractivity contribution < 1.29 is 34.8 Å². The van der Waals surface area contributed by atoms with Gasteiger partial charge in [0, 0.05) is 29.6 Å². The Balaban J connectivity index is 1.86. The molecule has 1 amide bonds. The number of likely N-dealkylation sites (N-methyl/N-ethyl adjacent to an activating group) is 1. The van der Waals surface area contributed by atoms with Crippen LogP contribution in [0.15, 0.2) is 28.7 Å². The topological polar surface area (TPSA) is 165 Å². The average molecular weight is 562 g/mol. The monoisotopic (exact) mass is 561 g/mol. The van der Waals surface area contributed by atoms with Gasteiger partial charge in [-0.2, -0.15) is 0 Å². The molecule has 0 aliphatic heterocycles. The number of primary amides is 1. The standard InChI is InChI=1S/C28H36ClN3O7/c1-6-32(10-12(2)3)11-14-9-17(33)19-15(21(14)29)7-13-8-16-22(31(4)5)24(35)20(27(30)38)26(37)28(16,39)25(36)18(13)23(19)34/h9,12-13,16,22,33,35-36,39H,6-8,10-11H2,1-5H3,(H2,30,38)/t13-,16-,22-,28-/m0/s1. The number of fused-ring (bicyclic) bond motifs is 3. The smallest absolute Gasteiger partial charge is 0.255 e. The van der Waals surface area contributed by atoms with Gasteiger partial charge in [-0.05, 0) is 62.5 Å². The number of nitrogens with two attached hydrogens (primary N) is 1. The highest BCUT2D eigenvalue weighted by molar-refractivity contribution is 6.33. The van der Waals surface area contributed by atoms with E-state index in [1.807, 2.05) is 6.92 Å². The SMILES string of the molecule is CCN(Cc1cc(O)c2c(c1Cl)C[C@H]1C[C@H]3[C@H](N(C)C)C(O)=C(C(N)=O)C(=O)[C@@]3(O)C(O)=C1C2=O)CC(C)C. The van der Waals surface area contributed by atoms with Crippen LogP contribution in [0.3, 0.4) is 0 Å². The number of carbonyl (C=O) groups is 3. The lowest BCUT2D eigenvalue weighted by atomic mass is 9.58. The van der Waals surface area contributed by atoms with Crippen LogP contribution in [0, 0.1) is 17.8 Å². The number of nitrogens with zero attached hydrogens (tertiary/aromatic N) is 2. The molecule has 212 valence electrons. The van der Waals surface area contributed by atoms with Crippen molar-refractivity contribution in [3.8, 4) is 5.75 Å². The Labute approximate surface area is 232 Å². The highest BCUT2D eigenvalue weighted by atomic mass is 35.5. The van der Waals surface area contributed by atoms with Crippen molar-refractivity contribution in [2.24, 2.45) is 23.5 Å². The minimum Gasteiger partial charge on any atom is -0.510 e. The summed E-state index contributed by atoms with van der Waals surface area (Å²) in [6.07, 6.45) is 0.173. The molecule has 0 spiro atoms. The molecule has 0 fully saturated rings. The lowest BCUT2D eigenvalue weighted by molar-refractivity contribution is -0.148. The van der Waals surface area contributed by atoms with Crippen LogP contribution < -0.4 is 5.73 Å². The highest BCUT2D eigenvalue weighted by Gasteiger charge is 2.63. The number of hydrogen-bond acceptors (Lipinski definition) is 9. The van der Waals surface area contributed by atoms with E-state index in [0.29, 0.717) is 28.6 Å². The van der Waals surface area contributed by atoms with E-state index in [2.05, 4.69) is 18.7 Å². The quantitative estimate of drug-likeness (QED) is 0.314. The second kappa shape index (κ2) is 10.2. The van der Waals surface area contributed by atoms with Gasteiger partial charge in [0.2, 0.25) is 5.78 Å². The van der Waals surface area contributed by atoms with Crippen molar-refractivity contribution in [1.29, 1.82) is 0 Å². The fourth-order valence-electron chi connectivity index (χ4n) is 6.53. The molecule has 11 heteroatoms. The second-order valence-electron chi connectivity index (χ2n) is 11.4. The largest absolute Gasteiger partial charge is 0.510 e. The van der Waals surface area contributed by atoms with Gasteiger partial charge in [0.15, 0.2) is 11.4 Å². The minimum absolute atomic E-state index is 0.0154. The fourth-order valence-corrected chi connectivity index (χ4v) is 6.82. The maximum atomic E-state index is 13.8. The van der Waals surface area contributed by atoms with Gasteiger partial charge >= 0.3 is 0 Å². The number of rotatable bonds is 7. The number of aliphatic hydroxyl groups excluding tert-OH is 2. The van der Waals surface area contributed by atoms with E-state index in [-0.39, 0.29) is 29.7 Å². The van der Waals surface area contributed by atoms with Crippen molar-refractivity contribution in [2.45, 2.75) is 51.8 Å². The Hall–Kier alpha value is -2.92. The van der Waals surface area contributed by atoms with Crippen LogP contribution in [-0.2, 0) is 22.6 Å². The van der Waals surface area contributed by atoms with Gasteiger partial charge < -0.3 is 26.2 Å². The molecule has 39 heavy (non-hydrogen) atoms. The number of phenolic OH excluding ortho intramolecular Hbond substituents is 1. The Kier molecular flexibility index (Phi) is 7.63. The molecule has 10 nitrogen and oxygen atoms in total. The summed E-state index contributed by atoms with van der Waals surface area (Å²) in [5.41, 5.74) is 2.67.